The molecule has 0 saturated carbocycles. The fraction of sp³-hybridized carbons (Fsp3) is 0.0476. The summed E-state index contributed by atoms with van der Waals surface area (Å²) in [5, 5.41) is 6.93. The number of amides is 1. The van der Waals surface area contributed by atoms with Gasteiger partial charge < -0.3 is 10.1 Å². The zero-order chi connectivity index (χ0) is 20.9. The van der Waals surface area contributed by atoms with E-state index in [1.54, 1.807) is 23.1 Å². The molecule has 0 aliphatic carbocycles. The zero-order valence-electron chi connectivity index (χ0n) is 15.5. The number of hydrogen-bond donors (Lipinski definition) is 1. The Hall–Kier alpha value is -3.59. The molecule has 0 saturated heterocycles. The number of rotatable bonds is 6. The first kappa shape index (κ1) is 19.7. The van der Waals surface area contributed by atoms with Gasteiger partial charge in [0.1, 0.15) is 29.8 Å². The summed E-state index contributed by atoms with van der Waals surface area (Å²) >= 11 is 3.24. The Morgan fingerprint density at radius 1 is 1.17 bits per heavy atom. The molecule has 150 valence electrons. The van der Waals surface area contributed by atoms with E-state index in [2.05, 4.69) is 36.3 Å². The lowest BCUT2D eigenvalue weighted by Gasteiger charge is -2.11. The Bertz CT molecular complexity index is 1170. The quantitative estimate of drug-likeness (QED) is 0.457. The van der Waals surface area contributed by atoms with Crippen molar-refractivity contribution in [2.45, 2.75) is 6.54 Å². The Morgan fingerprint density at radius 3 is 2.73 bits per heavy atom. The molecule has 0 bridgehead atoms. The van der Waals surface area contributed by atoms with Gasteiger partial charge in [-0.1, -0.05) is 12.1 Å². The molecular weight excluding hydrogens is 453 g/mol. The van der Waals surface area contributed by atoms with Gasteiger partial charge in [-0.25, -0.2) is 19.0 Å². The van der Waals surface area contributed by atoms with Crippen molar-refractivity contribution in [2.75, 3.05) is 0 Å². The molecular formula is C21H15BrFN5O2. The summed E-state index contributed by atoms with van der Waals surface area (Å²) in [6.07, 6.45) is 4.60. The molecule has 0 unspecified atom stereocenters. The lowest BCUT2D eigenvalue weighted by atomic mass is 10.2. The maximum atomic E-state index is 13.3. The third-order valence-corrected chi connectivity index (χ3v) is 4.81. The summed E-state index contributed by atoms with van der Waals surface area (Å²) in [7, 11) is 0. The largest absolute Gasteiger partial charge is 0.437 e. The van der Waals surface area contributed by atoms with E-state index in [4.69, 9.17) is 4.74 Å². The van der Waals surface area contributed by atoms with Crippen molar-refractivity contribution in [2.24, 2.45) is 0 Å². The number of pyridine rings is 1. The number of carbonyl (C=O) groups excluding carboxylic acids is 1. The number of ether oxygens (including phenoxy) is 1. The lowest BCUT2D eigenvalue weighted by Crippen LogP contribution is -2.23. The van der Waals surface area contributed by atoms with Crippen LogP contribution >= 0.6 is 15.9 Å². The van der Waals surface area contributed by atoms with Crippen LogP contribution in [-0.2, 0) is 6.54 Å². The van der Waals surface area contributed by atoms with Gasteiger partial charge in [0.25, 0.3) is 5.91 Å². The average molecular weight is 468 g/mol. The molecule has 1 N–H and O–H groups in total. The number of halogens is 2. The van der Waals surface area contributed by atoms with Crippen molar-refractivity contribution < 1.29 is 13.9 Å². The van der Waals surface area contributed by atoms with E-state index in [1.807, 2.05) is 24.3 Å². The summed E-state index contributed by atoms with van der Waals surface area (Å²) in [5.41, 5.74) is 2.06. The highest BCUT2D eigenvalue weighted by Gasteiger charge is 2.15. The van der Waals surface area contributed by atoms with Gasteiger partial charge in [0.2, 0.25) is 5.88 Å². The number of nitrogens with zero attached hydrogens (tertiary/aromatic N) is 4. The van der Waals surface area contributed by atoms with Crippen LogP contribution in [0.15, 0.2) is 77.9 Å². The second-order valence-electron chi connectivity index (χ2n) is 6.22. The smallest absolute Gasteiger partial charge is 0.257 e. The fourth-order valence-electron chi connectivity index (χ4n) is 2.69. The first-order valence-corrected chi connectivity index (χ1v) is 9.69. The minimum Gasteiger partial charge on any atom is -0.437 e. The highest BCUT2D eigenvalue weighted by Crippen LogP contribution is 2.30. The fourth-order valence-corrected chi connectivity index (χ4v) is 3.12. The maximum absolute atomic E-state index is 13.3. The van der Waals surface area contributed by atoms with E-state index in [0.717, 1.165) is 11.3 Å². The third-order valence-electron chi connectivity index (χ3n) is 4.19. The molecule has 2 heterocycles. The molecule has 0 spiro atoms. The van der Waals surface area contributed by atoms with Gasteiger partial charge >= 0.3 is 0 Å². The van der Waals surface area contributed by atoms with Crippen LogP contribution in [0, 0.1) is 5.82 Å². The van der Waals surface area contributed by atoms with Crippen molar-refractivity contribution in [1.82, 2.24) is 25.1 Å². The third kappa shape index (κ3) is 4.52. The van der Waals surface area contributed by atoms with Gasteiger partial charge in [0, 0.05) is 12.7 Å². The van der Waals surface area contributed by atoms with E-state index in [-0.39, 0.29) is 17.4 Å². The Balaban J connectivity index is 1.45. The Morgan fingerprint density at radius 2 is 2.00 bits per heavy atom. The molecule has 0 fully saturated rings. The van der Waals surface area contributed by atoms with Crippen molar-refractivity contribution in [3.63, 3.8) is 0 Å². The SMILES string of the molecule is O=C(NCc1ccc(-n2cncn2)cc1)c1cccnc1Oc1ccc(F)cc1Br. The molecule has 9 heteroatoms. The lowest BCUT2D eigenvalue weighted by molar-refractivity contribution is 0.0948. The summed E-state index contributed by atoms with van der Waals surface area (Å²) < 4.78 is 21.1. The van der Waals surface area contributed by atoms with Crippen LogP contribution in [-0.4, -0.2) is 25.7 Å². The molecule has 4 rings (SSSR count). The van der Waals surface area contributed by atoms with Crippen LogP contribution in [0.4, 0.5) is 4.39 Å². The molecule has 4 aromatic rings. The highest BCUT2D eigenvalue weighted by molar-refractivity contribution is 9.10. The molecule has 30 heavy (non-hydrogen) atoms. The topological polar surface area (TPSA) is 81.9 Å². The Kier molecular flexibility index (Phi) is 5.80. The predicted molar refractivity (Wildman–Crippen MR) is 111 cm³/mol. The average Bonchev–Trinajstić information content (AvgIpc) is 3.30. The zero-order valence-corrected chi connectivity index (χ0v) is 17.1. The van der Waals surface area contributed by atoms with Crippen LogP contribution in [0.3, 0.4) is 0 Å². The van der Waals surface area contributed by atoms with Crippen molar-refractivity contribution in [1.29, 1.82) is 0 Å². The summed E-state index contributed by atoms with van der Waals surface area (Å²) in [6.45, 7) is 0.324. The van der Waals surface area contributed by atoms with E-state index >= 15 is 0 Å². The summed E-state index contributed by atoms with van der Waals surface area (Å²) in [4.78, 5) is 20.8. The molecule has 0 aliphatic rings. The second kappa shape index (κ2) is 8.83. The van der Waals surface area contributed by atoms with Crippen molar-refractivity contribution in [3.05, 3.63) is 94.9 Å². The molecule has 2 aromatic carbocycles. The summed E-state index contributed by atoms with van der Waals surface area (Å²) in [5.74, 6) is -0.253. The summed E-state index contributed by atoms with van der Waals surface area (Å²) in [6, 6.07) is 14.8. The highest BCUT2D eigenvalue weighted by atomic mass is 79.9. The minimum atomic E-state index is -0.400. The predicted octanol–water partition coefficient (Wildman–Crippen LogP) is 4.29. The van der Waals surface area contributed by atoms with E-state index in [1.165, 1.54) is 30.7 Å². The maximum Gasteiger partial charge on any atom is 0.257 e. The number of hydrogen-bond acceptors (Lipinski definition) is 5. The van der Waals surface area contributed by atoms with Gasteiger partial charge in [-0.3, -0.25) is 4.79 Å². The standard InChI is InChI=1S/C21H15BrFN5O2/c22-18-10-15(23)5-8-19(18)30-21-17(2-1-9-25-21)20(29)26-11-14-3-6-16(7-4-14)28-13-24-12-27-28/h1-10,12-13H,11H2,(H,26,29). The number of carbonyl (C=O) groups is 1. The molecule has 0 radical (unpaired) electrons. The van der Waals surface area contributed by atoms with Gasteiger partial charge in [0.05, 0.1) is 10.2 Å². The van der Waals surface area contributed by atoms with Crippen molar-refractivity contribution >= 4 is 21.8 Å². The van der Waals surface area contributed by atoms with Crippen LogP contribution in [0.25, 0.3) is 5.69 Å². The molecule has 1 amide bonds. The van der Waals surface area contributed by atoms with Gasteiger partial charge in [-0.2, -0.15) is 5.10 Å². The number of nitrogens with one attached hydrogen (secondary N) is 1. The molecule has 0 aliphatic heterocycles. The van der Waals surface area contributed by atoms with Crippen LogP contribution in [0.5, 0.6) is 11.6 Å². The normalized spacial score (nSPS) is 10.6. The molecule has 7 nitrogen and oxygen atoms in total. The first-order chi connectivity index (χ1) is 14.6. The van der Waals surface area contributed by atoms with Crippen LogP contribution < -0.4 is 10.1 Å². The van der Waals surface area contributed by atoms with Crippen LogP contribution in [0.1, 0.15) is 15.9 Å². The monoisotopic (exact) mass is 467 g/mol. The van der Waals surface area contributed by atoms with Gasteiger partial charge in [-0.05, 0) is 64.0 Å². The second-order valence-corrected chi connectivity index (χ2v) is 7.08. The van der Waals surface area contributed by atoms with E-state index < -0.39 is 5.82 Å². The van der Waals surface area contributed by atoms with Crippen molar-refractivity contribution in [3.8, 4) is 17.3 Å². The first-order valence-electron chi connectivity index (χ1n) is 8.90. The Labute approximate surface area is 179 Å². The number of aromatic nitrogens is 4. The van der Waals surface area contributed by atoms with Crippen LogP contribution in [0.2, 0.25) is 0 Å². The van der Waals surface area contributed by atoms with Gasteiger partial charge in [-0.15, -0.1) is 0 Å². The minimum absolute atomic E-state index is 0.129. The number of benzene rings is 2. The van der Waals surface area contributed by atoms with Gasteiger partial charge in [0.15, 0.2) is 0 Å². The molecule has 2 aromatic heterocycles. The van der Waals surface area contributed by atoms with E-state index in [0.29, 0.717) is 16.8 Å². The molecule has 0 atom stereocenters. The van der Waals surface area contributed by atoms with E-state index in [9.17, 15) is 9.18 Å².